The van der Waals surface area contributed by atoms with E-state index in [1.54, 1.807) is 0 Å². The quantitative estimate of drug-likeness (QED) is 0.786. The van der Waals surface area contributed by atoms with Crippen LogP contribution in [0, 0.1) is 12.7 Å². The molecule has 22 heavy (non-hydrogen) atoms. The summed E-state index contributed by atoms with van der Waals surface area (Å²) < 4.78 is 24.8. The van der Waals surface area contributed by atoms with Gasteiger partial charge in [-0.05, 0) is 18.6 Å². The van der Waals surface area contributed by atoms with Gasteiger partial charge in [0, 0.05) is 11.5 Å². The Morgan fingerprint density at radius 2 is 2.00 bits per heavy atom. The van der Waals surface area contributed by atoms with Crippen molar-refractivity contribution in [2.24, 2.45) is 0 Å². The lowest BCUT2D eigenvalue weighted by Gasteiger charge is -2.07. The molecule has 3 rings (SSSR count). The zero-order valence-corrected chi connectivity index (χ0v) is 11.8. The van der Waals surface area contributed by atoms with E-state index in [-0.39, 0.29) is 29.3 Å². The van der Waals surface area contributed by atoms with Crippen molar-refractivity contribution in [1.82, 2.24) is 0 Å². The summed E-state index contributed by atoms with van der Waals surface area (Å²) in [5.41, 5.74) is 1.11. The number of hydrogen-bond donors (Lipinski definition) is 1. The highest BCUT2D eigenvalue weighted by molar-refractivity contribution is 6.04. The first-order valence-electron chi connectivity index (χ1n) is 6.69. The van der Waals surface area contributed by atoms with Gasteiger partial charge in [-0.25, -0.2) is 9.18 Å². The van der Waals surface area contributed by atoms with Gasteiger partial charge in [0.2, 0.25) is 0 Å². The number of aromatic carboxylic acids is 1. The van der Waals surface area contributed by atoms with E-state index in [9.17, 15) is 14.3 Å². The van der Waals surface area contributed by atoms with E-state index in [0.717, 1.165) is 11.6 Å². The summed E-state index contributed by atoms with van der Waals surface area (Å²) in [6.07, 6.45) is 0. The minimum absolute atomic E-state index is 0.000321. The molecule has 0 aliphatic carbocycles. The number of benzene rings is 2. The van der Waals surface area contributed by atoms with E-state index >= 15 is 0 Å². The second-order valence-corrected chi connectivity index (χ2v) is 4.89. The van der Waals surface area contributed by atoms with E-state index in [1.807, 2.05) is 30.3 Å². The number of rotatable bonds is 4. The number of fused-ring (bicyclic) bond motifs is 1. The number of carbonyl (C=O) groups is 1. The van der Waals surface area contributed by atoms with Crippen LogP contribution in [-0.4, -0.2) is 11.1 Å². The third-order valence-corrected chi connectivity index (χ3v) is 3.37. The van der Waals surface area contributed by atoms with Crippen LogP contribution in [0.4, 0.5) is 4.39 Å². The fourth-order valence-electron chi connectivity index (χ4n) is 2.33. The Balaban J connectivity index is 1.97. The summed E-state index contributed by atoms with van der Waals surface area (Å²) in [6, 6.07) is 11.8. The van der Waals surface area contributed by atoms with Gasteiger partial charge in [-0.3, -0.25) is 0 Å². The van der Waals surface area contributed by atoms with Crippen LogP contribution in [0.3, 0.4) is 0 Å². The molecule has 0 fully saturated rings. The molecule has 0 spiro atoms. The van der Waals surface area contributed by atoms with Crippen LogP contribution in [0.15, 0.2) is 46.9 Å². The van der Waals surface area contributed by atoms with Gasteiger partial charge in [0.1, 0.15) is 23.5 Å². The predicted molar refractivity (Wildman–Crippen MR) is 78.6 cm³/mol. The first-order chi connectivity index (χ1) is 10.6. The van der Waals surface area contributed by atoms with Crippen molar-refractivity contribution in [3.8, 4) is 5.75 Å². The van der Waals surface area contributed by atoms with Crippen molar-refractivity contribution in [1.29, 1.82) is 0 Å². The van der Waals surface area contributed by atoms with Crippen molar-refractivity contribution < 1.29 is 23.4 Å². The number of hydrogen-bond acceptors (Lipinski definition) is 3. The maximum Gasteiger partial charge on any atom is 0.339 e. The lowest BCUT2D eigenvalue weighted by atomic mass is 10.1. The molecule has 0 unspecified atom stereocenters. The molecule has 2 aromatic carbocycles. The highest BCUT2D eigenvalue weighted by Gasteiger charge is 2.20. The Morgan fingerprint density at radius 3 is 2.68 bits per heavy atom. The third kappa shape index (κ3) is 2.53. The Kier molecular flexibility index (Phi) is 3.55. The summed E-state index contributed by atoms with van der Waals surface area (Å²) in [5.74, 6) is -1.47. The van der Waals surface area contributed by atoms with Crippen LogP contribution in [-0.2, 0) is 6.61 Å². The Morgan fingerprint density at radius 1 is 1.27 bits per heavy atom. The van der Waals surface area contributed by atoms with Crippen molar-refractivity contribution >= 4 is 16.9 Å². The predicted octanol–water partition coefficient (Wildman–Crippen LogP) is 4.16. The molecule has 0 aliphatic rings. The second kappa shape index (κ2) is 5.52. The smallest absolute Gasteiger partial charge is 0.339 e. The number of furan rings is 1. The molecule has 0 aliphatic heterocycles. The zero-order valence-electron chi connectivity index (χ0n) is 11.8. The molecule has 4 nitrogen and oxygen atoms in total. The zero-order chi connectivity index (χ0) is 15.7. The molecule has 0 atom stereocenters. The van der Waals surface area contributed by atoms with Crippen molar-refractivity contribution in [3.63, 3.8) is 0 Å². The lowest BCUT2D eigenvalue weighted by molar-refractivity contribution is 0.0697. The largest absolute Gasteiger partial charge is 0.486 e. The Hall–Kier alpha value is -2.82. The van der Waals surface area contributed by atoms with Gasteiger partial charge in [0.15, 0.2) is 11.6 Å². The number of carboxylic acid groups (broad SMARTS) is 1. The van der Waals surface area contributed by atoms with Crippen molar-refractivity contribution in [2.75, 3.05) is 0 Å². The van der Waals surface area contributed by atoms with Crippen molar-refractivity contribution in [3.05, 3.63) is 65.2 Å². The molecule has 5 heteroatoms. The Bertz CT molecular complexity index is 837. The molecule has 0 bridgehead atoms. The molecular weight excluding hydrogens is 287 g/mol. The van der Waals surface area contributed by atoms with Crippen LogP contribution in [0.5, 0.6) is 5.75 Å². The third-order valence-electron chi connectivity index (χ3n) is 3.37. The van der Waals surface area contributed by atoms with Crippen LogP contribution in [0.25, 0.3) is 11.0 Å². The molecule has 112 valence electrons. The summed E-state index contributed by atoms with van der Waals surface area (Å²) in [7, 11) is 0. The molecule has 0 amide bonds. The van der Waals surface area contributed by atoms with Gasteiger partial charge in [0.05, 0.1) is 0 Å². The fraction of sp³-hybridized carbons (Fsp3) is 0.118. The molecule has 0 saturated carbocycles. The summed E-state index contributed by atoms with van der Waals surface area (Å²) >= 11 is 0. The van der Waals surface area contributed by atoms with Crippen LogP contribution < -0.4 is 4.74 Å². The average Bonchev–Trinajstić information content (AvgIpc) is 2.80. The first-order valence-corrected chi connectivity index (χ1v) is 6.69. The molecular formula is C17H13FO4. The lowest BCUT2D eigenvalue weighted by Crippen LogP contribution is -1.99. The molecule has 0 radical (unpaired) electrons. The highest BCUT2D eigenvalue weighted by atomic mass is 19.1. The monoisotopic (exact) mass is 300 g/mol. The van der Waals surface area contributed by atoms with Gasteiger partial charge >= 0.3 is 5.97 Å². The van der Waals surface area contributed by atoms with Crippen LogP contribution >= 0.6 is 0 Å². The average molecular weight is 300 g/mol. The van der Waals surface area contributed by atoms with Gasteiger partial charge < -0.3 is 14.3 Å². The van der Waals surface area contributed by atoms with Gasteiger partial charge in [-0.1, -0.05) is 30.3 Å². The van der Waals surface area contributed by atoms with E-state index in [0.29, 0.717) is 5.39 Å². The van der Waals surface area contributed by atoms with Crippen molar-refractivity contribution in [2.45, 2.75) is 13.5 Å². The second-order valence-electron chi connectivity index (χ2n) is 4.89. The minimum Gasteiger partial charge on any atom is -0.486 e. The molecule has 0 saturated heterocycles. The van der Waals surface area contributed by atoms with Gasteiger partial charge in [0.25, 0.3) is 0 Å². The van der Waals surface area contributed by atoms with Gasteiger partial charge in [-0.15, -0.1) is 0 Å². The SMILES string of the molecule is Cc1oc2cc(F)c(OCc3ccccc3)cc2c1C(=O)O. The van der Waals surface area contributed by atoms with E-state index < -0.39 is 11.8 Å². The topological polar surface area (TPSA) is 59.7 Å². The van der Waals surface area contributed by atoms with E-state index in [1.165, 1.54) is 13.0 Å². The summed E-state index contributed by atoms with van der Waals surface area (Å²) in [5, 5.41) is 9.55. The Labute approximate surface area is 125 Å². The normalized spacial score (nSPS) is 10.8. The summed E-state index contributed by atoms with van der Waals surface area (Å²) in [6.45, 7) is 1.73. The molecule has 1 aromatic heterocycles. The number of ether oxygens (including phenoxy) is 1. The maximum atomic E-state index is 14.0. The first kappa shape index (κ1) is 14.1. The molecule has 1 N–H and O–H groups in total. The minimum atomic E-state index is -1.11. The molecule has 1 heterocycles. The van der Waals surface area contributed by atoms with E-state index in [2.05, 4.69) is 0 Å². The molecule has 3 aromatic rings. The number of aryl methyl sites for hydroxylation is 1. The van der Waals surface area contributed by atoms with E-state index in [4.69, 9.17) is 9.15 Å². The number of carboxylic acids is 1. The maximum absolute atomic E-state index is 14.0. The van der Waals surface area contributed by atoms with Gasteiger partial charge in [-0.2, -0.15) is 0 Å². The highest BCUT2D eigenvalue weighted by Crippen LogP contribution is 2.31. The summed E-state index contributed by atoms with van der Waals surface area (Å²) in [4.78, 5) is 11.3. The fourth-order valence-corrected chi connectivity index (χ4v) is 2.33. The van der Waals surface area contributed by atoms with Crippen LogP contribution in [0.1, 0.15) is 21.7 Å². The standard InChI is InChI=1S/C17H13FO4/c1-10-16(17(19)20)12-7-15(13(18)8-14(12)22-10)21-9-11-5-3-2-4-6-11/h2-8H,9H2,1H3,(H,19,20). The van der Waals surface area contributed by atoms with Crippen LogP contribution in [0.2, 0.25) is 0 Å². The number of halogens is 1.